The third kappa shape index (κ3) is 30.7. The van der Waals surface area contributed by atoms with Gasteiger partial charge in [0.05, 0.1) is 6.61 Å². The number of hydrogen-bond acceptors (Lipinski definition) is 10. The number of allylic oxidation sites excluding steroid dienone is 4. The van der Waals surface area contributed by atoms with Crippen LogP contribution in [0.15, 0.2) is 24.3 Å². The summed E-state index contributed by atoms with van der Waals surface area (Å²) in [5, 5.41) is 39.9. The van der Waals surface area contributed by atoms with Gasteiger partial charge in [0.15, 0.2) is 18.5 Å². The lowest BCUT2D eigenvalue weighted by molar-refractivity contribution is -0.298. The van der Waals surface area contributed by atoms with Gasteiger partial charge in [0, 0.05) is 12.8 Å². The summed E-state index contributed by atoms with van der Waals surface area (Å²) in [4.78, 5) is 36.9. The molecule has 0 spiro atoms. The fraction of sp³-hybridized carbons (Fsp3) is 0.857. The summed E-state index contributed by atoms with van der Waals surface area (Å²) < 4.78 is 21.8. The normalized spacial score (nSPS) is 19.9. The van der Waals surface area contributed by atoms with E-state index in [1.807, 2.05) is 0 Å². The van der Waals surface area contributed by atoms with E-state index in [0.29, 0.717) is 12.8 Å². The first kappa shape index (κ1) is 55.7. The standard InChI is InChI=1S/C49H88O11/c1-3-5-7-9-11-13-15-17-19-21-22-24-26-28-30-32-34-36-38-43(51)59-41(40-58-49-46(54)44(52)45(53)47(60-49)48(55)56)39-57-42(50)37-35-33-31-29-27-25-23-20-18-16-14-12-10-8-6-4-2/h14,16,20,23,41,44-47,49,52-54H,3-13,15,17-19,21-22,24-40H2,1-2H3,(H,55,56)/b16-14-,23-20-. The molecule has 6 unspecified atom stereocenters. The van der Waals surface area contributed by atoms with Gasteiger partial charge in [-0.05, 0) is 44.9 Å². The van der Waals surface area contributed by atoms with E-state index in [2.05, 4.69) is 38.2 Å². The number of carbonyl (C=O) groups is 3. The van der Waals surface area contributed by atoms with Gasteiger partial charge < -0.3 is 39.4 Å². The Hall–Kier alpha value is -2.31. The molecule has 60 heavy (non-hydrogen) atoms. The van der Waals surface area contributed by atoms with E-state index in [9.17, 15) is 34.8 Å². The van der Waals surface area contributed by atoms with Gasteiger partial charge in [0.1, 0.15) is 24.9 Å². The number of carboxylic acids is 1. The van der Waals surface area contributed by atoms with Crippen molar-refractivity contribution in [2.24, 2.45) is 0 Å². The monoisotopic (exact) mass is 853 g/mol. The summed E-state index contributed by atoms with van der Waals surface area (Å²) in [6, 6.07) is 0. The molecule has 350 valence electrons. The molecule has 4 N–H and O–H groups in total. The Morgan fingerprint density at radius 2 is 0.933 bits per heavy atom. The maximum absolute atomic E-state index is 12.8. The molecule has 6 atom stereocenters. The second kappa shape index (κ2) is 39.5. The van der Waals surface area contributed by atoms with E-state index in [4.69, 9.17) is 18.9 Å². The van der Waals surface area contributed by atoms with E-state index < -0.39 is 61.3 Å². The Balaban J connectivity index is 2.33. The first-order valence-electron chi connectivity index (χ1n) is 24.4. The van der Waals surface area contributed by atoms with E-state index >= 15 is 0 Å². The van der Waals surface area contributed by atoms with Crippen molar-refractivity contribution in [1.82, 2.24) is 0 Å². The number of aliphatic carboxylic acids is 1. The Labute approximate surface area is 364 Å². The van der Waals surface area contributed by atoms with Crippen LogP contribution in [0.3, 0.4) is 0 Å². The van der Waals surface area contributed by atoms with Crippen molar-refractivity contribution >= 4 is 17.9 Å². The van der Waals surface area contributed by atoms with Crippen molar-refractivity contribution < 1.29 is 53.8 Å². The molecule has 0 aromatic rings. The van der Waals surface area contributed by atoms with Crippen molar-refractivity contribution in [2.45, 2.75) is 256 Å². The van der Waals surface area contributed by atoms with Gasteiger partial charge in [-0.2, -0.15) is 0 Å². The summed E-state index contributed by atoms with van der Waals surface area (Å²) >= 11 is 0. The number of aliphatic hydroxyl groups is 3. The molecule has 1 rings (SSSR count). The number of ether oxygens (including phenoxy) is 4. The zero-order valence-corrected chi connectivity index (χ0v) is 38.0. The average Bonchev–Trinajstić information content (AvgIpc) is 3.23. The minimum atomic E-state index is -1.86. The van der Waals surface area contributed by atoms with Gasteiger partial charge in [-0.15, -0.1) is 0 Å². The first-order valence-corrected chi connectivity index (χ1v) is 24.4. The van der Waals surface area contributed by atoms with Crippen LogP contribution in [-0.2, 0) is 33.3 Å². The van der Waals surface area contributed by atoms with E-state index in [1.165, 1.54) is 122 Å². The SMILES string of the molecule is CCCCCC/C=C\C/C=C\CCCCCCCC(=O)OCC(COC1OC(C(=O)O)C(O)C(O)C1O)OC(=O)CCCCCCCCCCCCCCCCCCCC. The molecule has 11 nitrogen and oxygen atoms in total. The van der Waals surface area contributed by atoms with E-state index in [0.717, 1.165) is 57.8 Å². The lowest BCUT2D eigenvalue weighted by atomic mass is 9.99. The number of esters is 2. The molecule has 0 bridgehead atoms. The number of carbonyl (C=O) groups excluding carboxylic acids is 2. The lowest BCUT2D eigenvalue weighted by Crippen LogP contribution is -2.60. The van der Waals surface area contributed by atoms with Crippen molar-refractivity contribution in [1.29, 1.82) is 0 Å². The molecule has 0 aromatic carbocycles. The van der Waals surface area contributed by atoms with Crippen molar-refractivity contribution in [3.63, 3.8) is 0 Å². The summed E-state index contributed by atoms with van der Waals surface area (Å²) in [6.45, 7) is 3.81. The van der Waals surface area contributed by atoms with Crippen LogP contribution in [-0.4, -0.2) is 88.4 Å². The summed E-state index contributed by atoms with van der Waals surface area (Å²) in [6.07, 6.45) is 35.1. The number of carboxylic acid groups (broad SMARTS) is 1. The van der Waals surface area contributed by atoms with Crippen LogP contribution < -0.4 is 0 Å². The summed E-state index contributed by atoms with van der Waals surface area (Å²) in [7, 11) is 0. The molecule has 1 heterocycles. The highest BCUT2D eigenvalue weighted by molar-refractivity contribution is 5.73. The maximum atomic E-state index is 12.8. The zero-order valence-electron chi connectivity index (χ0n) is 38.0. The largest absolute Gasteiger partial charge is 0.479 e. The predicted molar refractivity (Wildman–Crippen MR) is 238 cm³/mol. The molecule has 0 aromatic heterocycles. The van der Waals surface area contributed by atoms with Gasteiger partial charge in [-0.1, -0.05) is 186 Å². The van der Waals surface area contributed by atoms with Crippen LogP contribution in [0.4, 0.5) is 0 Å². The molecule has 0 aliphatic carbocycles. The first-order chi connectivity index (χ1) is 29.2. The Kier molecular flexibility index (Phi) is 36.7. The molecule has 0 radical (unpaired) electrons. The highest BCUT2D eigenvalue weighted by Crippen LogP contribution is 2.23. The molecule has 1 aliphatic rings. The van der Waals surface area contributed by atoms with Gasteiger partial charge >= 0.3 is 17.9 Å². The molecule has 0 amide bonds. The maximum Gasteiger partial charge on any atom is 0.335 e. The van der Waals surface area contributed by atoms with Gasteiger partial charge in [-0.25, -0.2) is 4.79 Å². The van der Waals surface area contributed by atoms with Crippen LogP contribution in [0.1, 0.15) is 219 Å². The van der Waals surface area contributed by atoms with Crippen molar-refractivity contribution in [3.05, 3.63) is 24.3 Å². The minimum Gasteiger partial charge on any atom is -0.479 e. The smallest absolute Gasteiger partial charge is 0.335 e. The van der Waals surface area contributed by atoms with Crippen LogP contribution in [0.2, 0.25) is 0 Å². The van der Waals surface area contributed by atoms with Crippen LogP contribution in [0.5, 0.6) is 0 Å². The Bertz CT molecular complexity index is 1100. The zero-order chi connectivity index (χ0) is 43.9. The quantitative estimate of drug-likeness (QED) is 0.0262. The van der Waals surface area contributed by atoms with Crippen molar-refractivity contribution in [3.8, 4) is 0 Å². The molecule has 1 aliphatic heterocycles. The molecule has 1 saturated heterocycles. The van der Waals surface area contributed by atoms with Gasteiger partial charge in [0.2, 0.25) is 0 Å². The van der Waals surface area contributed by atoms with E-state index in [-0.39, 0.29) is 19.4 Å². The number of rotatable bonds is 41. The highest BCUT2D eigenvalue weighted by atomic mass is 16.7. The van der Waals surface area contributed by atoms with Crippen molar-refractivity contribution in [2.75, 3.05) is 13.2 Å². The highest BCUT2D eigenvalue weighted by Gasteiger charge is 2.47. The fourth-order valence-electron chi connectivity index (χ4n) is 7.44. The number of hydrogen-bond donors (Lipinski definition) is 4. The lowest BCUT2D eigenvalue weighted by Gasteiger charge is -2.38. The van der Waals surface area contributed by atoms with Crippen LogP contribution in [0, 0.1) is 0 Å². The molecular weight excluding hydrogens is 765 g/mol. The topological polar surface area (TPSA) is 169 Å². The van der Waals surface area contributed by atoms with Crippen LogP contribution in [0.25, 0.3) is 0 Å². The second-order valence-electron chi connectivity index (χ2n) is 17.0. The third-order valence-corrected chi connectivity index (χ3v) is 11.3. The molecule has 11 heteroatoms. The Morgan fingerprint density at radius 3 is 1.40 bits per heavy atom. The van der Waals surface area contributed by atoms with Gasteiger partial charge in [0.25, 0.3) is 0 Å². The minimum absolute atomic E-state index is 0.184. The average molecular weight is 853 g/mol. The number of unbranched alkanes of at least 4 members (excludes halogenated alkanes) is 26. The molecular formula is C49H88O11. The summed E-state index contributed by atoms with van der Waals surface area (Å²) in [5.74, 6) is -2.45. The van der Waals surface area contributed by atoms with Crippen LogP contribution >= 0.6 is 0 Å². The second-order valence-corrected chi connectivity index (χ2v) is 17.0. The Morgan fingerprint density at radius 1 is 0.517 bits per heavy atom. The third-order valence-electron chi connectivity index (χ3n) is 11.3. The molecule has 0 saturated carbocycles. The van der Waals surface area contributed by atoms with Gasteiger partial charge in [-0.3, -0.25) is 9.59 Å². The van der Waals surface area contributed by atoms with E-state index in [1.54, 1.807) is 0 Å². The molecule has 1 fully saturated rings. The predicted octanol–water partition coefficient (Wildman–Crippen LogP) is 11.0. The summed E-state index contributed by atoms with van der Waals surface area (Å²) in [5.41, 5.74) is 0. The fourth-order valence-corrected chi connectivity index (χ4v) is 7.44. The number of aliphatic hydroxyl groups excluding tert-OH is 3.